The van der Waals surface area contributed by atoms with Crippen LogP contribution in [-0.2, 0) is 9.47 Å². The third-order valence-electron chi connectivity index (χ3n) is 5.45. The highest BCUT2D eigenvalue weighted by molar-refractivity contribution is 9.10. The predicted octanol–water partition coefficient (Wildman–Crippen LogP) is 4.34. The number of hydrogen-bond donors (Lipinski definition) is 1. The molecule has 1 N–H and O–H groups in total. The summed E-state index contributed by atoms with van der Waals surface area (Å²) in [4.78, 5) is 36.8. The van der Waals surface area contributed by atoms with Crippen LogP contribution in [0.3, 0.4) is 0 Å². The minimum absolute atomic E-state index is 0.131. The van der Waals surface area contributed by atoms with Crippen molar-refractivity contribution in [3.8, 4) is 0 Å². The van der Waals surface area contributed by atoms with E-state index in [9.17, 15) is 14.0 Å². The largest absolute Gasteiger partial charge is 0.465 e. The molecule has 0 bridgehead atoms. The summed E-state index contributed by atoms with van der Waals surface area (Å²) in [6.07, 6.45) is 3.70. The summed E-state index contributed by atoms with van der Waals surface area (Å²) >= 11 is 3.52. The van der Waals surface area contributed by atoms with Gasteiger partial charge in [-0.25, -0.2) is 23.9 Å². The molecule has 1 aromatic carbocycles. The molecule has 190 valence electrons. The second-order valence-corrected chi connectivity index (χ2v) is 10.2. The molecule has 0 radical (unpaired) electrons. The second-order valence-electron chi connectivity index (χ2n) is 9.33. The van der Waals surface area contributed by atoms with E-state index < -0.39 is 17.4 Å². The van der Waals surface area contributed by atoms with Crippen molar-refractivity contribution in [3.05, 3.63) is 46.6 Å². The number of carbonyl (C=O) groups is 2. The Morgan fingerprint density at radius 2 is 2.11 bits per heavy atom. The molecule has 0 aliphatic carbocycles. The zero-order valence-electron chi connectivity index (χ0n) is 20.4. The number of nitrogens with zero attached hydrogens (tertiary/aromatic N) is 4. The molecule has 1 amide bonds. The lowest BCUT2D eigenvalue weighted by Crippen LogP contribution is -2.38. The molecule has 0 saturated carbocycles. The van der Waals surface area contributed by atoms with Crippen LogP contribution in [0.4, 0.5) is 20.7 Å². The summed E-state index contributed by atoms with van der Waals surface area (Å²) in [7, 11) is 1.26. The highest BCUT2D eigenvalue weighted by Crippen LogP contribution is 2.26. The molecule has 3 rings (SSSR count). The van der Waals surface area contributed by atoms with Crippen LogP contribution in [0.25, 0.3) is 0 Å². The van der Waals surface area contributed by atoms with Gasteiger partial charge in [-0.05, 0) is 67.2 Å². The fraction of sp³-hybridized carbons (Fsp3) is 0.500. The SMILES string of the molecule is COC(=O)c1cc(F)ccc1NCCN(CC1CCN(C(=O)OC(C)(C)C)C1)c1ncncc1Br. The molecule has 1 aromatic heterocycles. The number of ether oxygens (including phenoxy) is 2. The first kappa shape index (κ1) is 26.7. The standard InChI is InChI=1S/C24H31BrFN5O4/c1-24(2,3)35-23(33)31-9-7-16(14-31)13-30(21-19(25)12-27-15-29-21)10-8-28-20-6-5-17(26)11-18(20)22(32)34-4/h5-6,11-12,15-16,28H,7-10,13-14H2,1-4H3. The van der Waals surface area contributed by atoms with Crippen LogP contribution in [0.2, 0.25) is 0 Å². The van der Waals surface area contributed by atoms with Crippen LogP contribution in [0.5, 0.6) is 0 Å². The van der Waals surface area contributed by atoms with Crippen LogP contribution >= 0.6 is 15.9 Å². The smallest absolute Gasteiger partial charge is 0.410 e. The van der Waals surface area contributed by atoms with E-state index >= 15 is 0 Å². The van der Waals surface area contributed by atoms with Crippen molar-refractivity contribution >= 4 is 39.5 Å². The van der Waals surface area contributed by atoms with Crippen molar-refractivity contribution in [2.75, 3.05) is 50.1 Å². The Labute approximate surface area is 213 Å². The van der Waals surface area contributed by atoms with Crippen LogP contribution in [-0.4, -0.2) is 72.4 Å². The highest BCUT2D eigenvalue weighted by Gasteiger charge is 2.31. The van der Waals surface area contributed by atoms with E-state index in [1.165, 1.54) is 25.6 Å². The lowest BCUT2D eigenvalue weighted by atomic mass is 10.1. The maximum Gasteiger partial charge on any atom is 0.410 e. The molecule has 1 aliphatic rings. The molecule has 1 unspecified atom stereocenters. The number of aromatic nitrogens is 2. The van der Waals surface area contributed by atoms with Gasteiger partial charge in [-0.3, -0.25) is 0 Å². The van der Waals surface area contributed by atoms with E-state index in [1.54, 1.807) is 11.1 Å². The first-order chi connectivity index (χ1) is 16.6. The van der Waals surface area contributed by atoms with E-state index in [-0.39, 0.29) is 17.6 Å². The zero-order chi connectivity index (χ0) is 25.6. The third-order valence-corrected chi connectivity index (χ3v) is 6.01. The normalized spacial score (nSPS) is 15.6. The van der Waals surface area contributed by atoms with Gasteiger partial charge < -0.3 is 24.6 Å². The molecule has 1 fully saturated rings. The number of halogens is 2. The number of hydrogen-bond acceptors (Lipinski definition) is 8. The Kier molecular flexibility index (Phi) is 8.87. The Bertz CT molecular complexity index is 1050. The van der Waals surface area contributed by atoms with Gasteiger partial charge in [-0.15, -0.1) is 0 Å². The molecule has 9 nitrogen and oxygen atoms in total. The summed E-state index contributed by atoms with van der Waals surface area (Å²) in [5, 5.41) is 3.20. The third kappa shape index (κ3) is 7.51. The van der Waals surface area contributed by atoms with E-state index in [4.69, 9.17) is 9.47 Å². The molecule has 1 aliphatic heterocycles. The van der Waals surface area contributed by atoms with Gasteiger partial charge in [0.25, 0.3) is 0 Å². The quantitative estimate of drug-likeness (QED) is 0.484. The van der Waals surface area contributed by atoms with Gasteiger partial charge in [-0.1, -0.05) is 0 Å². The van der Waals surface area contributed by atoms with E-state index in [1.807, 2.05) is 20.8 Å². The monoisotopic (exact) mass is 551 g/mol. The van der Waals surface area contributed by atoms with Crippen LogP contribution < -0.4 is 10.2 Å². The highest BCUT2D eigenvalue weighted by atomic mass is 79.9. The van der Waals surface area contributed by atoms with E-state index in [2.05, 4.69) is 36.1 Å². The number of likely N-dealkylation sites (tertiary alicyclic amines) is 1. The molecular formula is C24H31BrFN5O4. The fourth-order valence-electron chi connectivity index (χ4n) is 3.88. The number of rotatable bonds is 8. The number of esters is 1. The van der Waals surface area contributed by atoms with Crippen molar-refractivity contribution in [3.63, 3.8) is 0 Å². The maximum absolute atomic E-state index is 13.7. The van der Waals surface area contributed by atoms with Gasteiger partial charge in [0.15, 0.2) is 0 Å². The zero-order valence-corrected chi connectivity index (χ0v) is 22.0. The Morgan fingerprint density at radius 3 is 2.80 bits per heavy atom. The topological polar surface area (TPSA) is 96.9 Å². The van der Waals surface area contributed by atoms with Gasteiger partial charge in [0.2, 0.25) is 0 Å². The summed E-state index contributed by atoms with van der Waals surface area (Å²) in [5.41, 5.74) is 0.0743. The lowest BCUT2D eigenvalue weighted by molar-refractivity contribution is 0.0288. The molecule has 0 spiro atoms. The predicted molar refractivity (Wildman–Crippen MR) is 134 cm³/mol. The van der Waals surface area contributed by atoms with E-state index in [0.717, 1.165) is 22.8 Å². The molecule has 35 heavy (non-hydrogen) atoms. The lowest BCUT2D eigenvalue weighted by Gasteiger charge is -2.28. The molecule has 2 heterocycles. The first-order valence-corrected chi connectivity index (χ1v) is 12.2. The van der Waals surface area contributed by atoms with E-state index in [0.29, 0.717) is 38.4 Å². The average Bonchev–Trinajstić information content (AvgIpc) is 3.27. The Hall–Kier alpha value is -2.95. The number of nitrogens with one attached hydrogen (secondary N) is 1. The van der Waals surface area contributed by atoms with Gasteiger partial charge in [0.05, 0.1) is 17.1 Å². The van der Waals surface area contributed by atoms with Crippen LogP contribution in [0, 0.1) is 11.7 Å². The number of carbonyl (C=O) groups excluding carboxylic acids is 2. The van der Waals surface area contributed by atoms with Gasteiger partial charge in [-0.2, -0.15) is 0 Å². The van der Waals surface area contributed by atoms with Crippen molar-refractivity contribution in [2.45, 2.75) is 32.8 Å². The van der Waals surface area contributed by atoms with Crippen LogP contribution in [0.1, 0.15) is 37.6 Å². The Morgan fingerprint density at radius 1 is 1.34 bits per heavy atom. The maximum atomic E-state index is 13.7. The minimum atomic E-state index is -0.615. The number of amides is 1. The Balaban J connectivity index is 1.68. The van der Waals surface area contributed by atoms with Crippen molar-refractivity contribution in [1.29, 1.82) is 0 Å². The molecule has 1 atom stereocenters. The average molecular weight is 552 g/mol. The second kappa shape index (κ2) is 11.7. The first-order valence-electron chi connectivity index (χ1n) is 11.4. The molecular weight excluding hydrogens is 521 g/mol. The molecule has 1 saturated heterocycles. The molecule has 11 heteroatoms. The summed E-state index contributed by atoms with van der Waals surface area (Å²) in [5.74, 6) is -0.181. The van der Waals surface area contributed by atoms with Crippen molar-refractivity contribution in [1.82, 2.24) is 14.9 Å². The van der Waals surface area contributed by atoms with Gasteiger partial charge >= 0.3 is 12.1 Å². The number of benzene rings is 1. The number of anilines is 2. The molecule has 2 aromatic rings. The van der Waals surface area contributed by atoms with Crippen molar-refractivity contribution < 1.29 is 23.5 Å². The number of methoxy groups -OCH3 is 1. The summed E-state index contributed by atoms with van der Waals surface area (Å²) < 4.78 is 24.7. The summed E-state index contributed by atoms with van der Waals surface area (Å²) in [6.45, 7) is 8.43. The van der Waals surface area contributed by atoms with Crippen molar-refractivity contribution in [2.24, 2.45) is 5.92 Å². The van der Waals surface area contributed by atoms with Gasteiger partial charge in [0.1, 0.15) is 23.6 Å². The summed E-state index contributed by atoms with van der Waals surface area (Å²) in [6, 6.07) is 3.95. The minimum Gasteiger partial charge on any atom is -0.465 e. The fourth-order valence-corrected chi connectivity index (χ4v) is 4.35. The van der Waals surface area contributed by atoms with Gasteiger partial charge in [0, 0.05) is 44.6 Å². The van der Waals surface area contributed by atoms with Crippen LogP contribution in [0.15, 0.2) is 35.2 Å².